The summed E-state index contributed by atoms with van der Waals surface area (Å²) in [7, 11) is 1.57. The quantitative estimate of drug-likeness (QED) is 0.167. The summed E-state index contributed by atoms with van der Waals surface area (Å²) in [4.78, 5) is 11.5. The van der Waals surface area contributed by atoms with Crippen LogP contribution in [0, 0.1) is 17.2 Å². The lowest BCUT2D eigenvalue weighted by Gasteiger charge is -2.33. The lowest BCUT2D eigenvalue weighted by molar-refractivity contribution is -0.137. The van der Waals surface area contributed by atoms with Gasteiger partial charge in [-0.1, -0.05) is 75.4 Å². The van der Waals surface area contributed by atoms with Gasteiger partial charge in [0.1, 0.15) is 23.9 Å². The molecule has 1 saturated carbocycles. The lowest BCUT2D eigenvalue weighted by atomic mass is 9.81. The second kappa shape index (κ2) is 13.6. The van der Waals surface area contributed by atoms with Gasteiger partial charge in [-0.2, -0.15) is 0 Å². The van der Waals surface area contributed by atoms with Crippen molar-refractivity contribution >= 4 is 5.97 Å². The first-order valence-corrected chi connectivity index (χ1v) is 15.2. The van der Waals surface area contributed by atoms with Crippen molar-refractivity contribution in [2.45, 2.75) is 65.3 Å². The molecule has 5 nitrogen and oxygen atoms in total. The number of hydrogen-bond donors (Lipinski definition) is 1. The van der Waals surface area contributed by atoms with Crippen molar-refractivity contribution in [2.24, 2.45) is 11.3 Å². The number of carboxylic acids is 1. The average Bonchev–Trinajstić information content (AvgIpc) is 3.85. The molecule has 0 unspecified atom stereocenters. The Morgan fingerprint density at radius 1 is 0.864 bits per heavy atom. The molecule has 1 aliphatic carbocycles. The summed E-state index contributed by atoms with van der Waals surface area (Å²) in [6.45, 7) is 7.07. The highest BCUT2D eigenvalue weighted by molar-refractivity contribution is 5.71. The third-order valence-electron chi connectivity index (χ3n) is 8.19. The van der Waals surface area contributed by atoms with Crippen molar-refractivity contribution in [1.29, 1.82) is 0 Å². The van der Waals surface area contributed by atoms with Crippen molar-refractivity contribution in [3.05, 3.63) is 119 Å². The van der Waals surface area contributed by atoms with E-state index < -0.39 is 5.97 Å². The van der Waals surface area contributed by atoms with E-state index >= 15 is 4.39 Å². The van der Waals surface area contributed by atoms with Crippen LogP contribution in [0.4, 0.5) is 4.39 Å². The molecule has 44 heavy (non-hydrogen) atoms. The van der Waals surface area contributed by atoms with Gasteiger partial charge in [0, 0.05) is 5.56 Å². The van der Waals surface area contributed by atoms with Crippen molar-refractivity contribution in [2.75, 3.05) is 7.11 Å². The van der Waals surface area contributed by atoms with E-state index in [0.29, 0.717) is 36.2 Å². The molecule has 0 heterocycles. The Labute approximate surface area is 259 Å². The highest BCUT2D eigenvalue weighted by Gasteiger charge is 2.34. The number of methoxy groups -OCH3 is 1. The topological polar surface area (TPSA) is 65.0 Å². The second-order valence-electron chi connectivity index (χ2n) is 12.7. The van der Waals surface area contributed by atoms with Crippen LogP contribution in [0.5, 0.6) is 11.5 Å². The second-order valence-corrected chi connectivity index (χ2v) is 12.7. The first kappa shape index (κ1) is 31.3. The number of carboxylic acid groups (broad SMARTS) is 1. The van der Waals surface area contributed by atoms with Crippen LogP contribution in [-0.4, -0.2) is 18.2 Å². The van der Waals surface area contributed by atoms with E-state index in [0.717, 1.165) is 40.7 Å². The monoisotopic (exact) mass is 596 g/mol. The normalized spacial score (nSPS) is 14.6. The van der Waals surface area contributed by atoms with Crippen LogP contribution in [-0.2, 0) is 22.7 Å². The average molecular weight is 597 g/mol. The number of hydrogen-bond acceptors (Lipinski definition) is 4. The maximum Gasteiger partial charge on any atom is 0.303 e. The molecular weight excluding hydrogens is 555 g/mol. The third-order valence-corrected chi connectivity index (χ3v) is 8.19. The summed E-state index contributed by atoms with van der Waals surface area (Å²) >= 11 is 0. The van der Waals surface area contributed by atoms with E-state index in [9.17, 15) is 9.90 Å². The highest BCUT2D eigenvalue weighted by atomic mass is 19.1. The van der Waals surface area contributed by atoms with Crippen molar-refractivity contribution in [1.82, 2.24) is 0 Å². The zero-order chi connectivity index (χ0) is 31.3. The minimum Gasteiger partial charge on any atom is -0.497 e. The number of rotatable bonds is 13. The summed E-state index contributed by atoms with van der Waals surface area (Å²) in [5, 5.41) is 9.45. The Kier molecular flexibility index (Phi) is 9.70. The van der Waals surface area contributed by atoms with E-state index in [1.165, 1.54) is 6.07 Å². The van der Waals surface area contributed by atoms with Crippen LogP contribution >= 0.6 is 0 Å². The smallest absolute Gasteiger partial charge is 0.303 e. The molecular formula is C38H41FO5. The van der Waals surface area contributed by atoms with Crippen molar-refractivity contribution in [3.8, 4) is 22.6 Å². The van der Waals surface area contributed by atoms with Crippen LogP contribution in [0.15, 0.2) is 91.0 Å². The van der Waals surface area contributed by atoms with E-state index in [4.69, 9.17) is 14.2 Å². The maximum absolute atomic E-state index is 15.3. The molecule has 2 atom stereocenters. The predicted octanol–water partition coefficient (Wildman–Crippen LogP) is 9.35. The number of ether oxygens (including phenoxy) is 3. The van der Waals surface area contributed by atoms with Gasteiger partial charge in [-0.25, -0.2) is 4.39 Å². The molecule has 4 aromatic rings. The minimum absolute atomic E-state index is 0.00555. The molecule has 0 aliphatic heterocycles. The summed E-state index contributed by atoms with van der Waals surface area (Å²) in [5.41, 5.74) is 4.71. The van der Waals surface area contributed by atoms with Crippen LogP contribution in [0.25, 0.3) is 11.1 Å². The van der Waals surface area contributed by atoms with E-state index in [2.05, 4.69) is 26.8 Å². The van der Waals surface area contributed by atoms with E-state index in [1.54, 1.807) is 19.2 Å². The zero-order valence-corrected chi connectivity index (χ0v) is 25.9. The molecule has 0 radical (unpaired) electrons. The van der Waals surface area contributed by atoms with Gasteiger partial charge in [-0.3, -0.25) is 4.79 Å². The van der Waals surface area contributed by atoms with Gasteiger partial charge in [0.2, 0.25) is 0 Å². The maximum atomic E-state index is 15.3. The van der Waals surface area contributed by atoms with Gasteiger partial charge in [0.05, 0.1) is 26.2 Å². The van der Waals surface area contributed by atoms with Crippen molar-refractivity contribution in [3.63, 3.8) is 0 Å². The van der Waals surface area contributed by atoms with E-state index in [1.807, 2.05) is 66.7 Å². The van der Waals surface area contributed by atoms with Crippen LogP contribution in [0.1, 0.15) is 74.3 Å². The summed E-state index contributed by atoms with van der Waals surface area (Å²) < 4.78 is 33.6. The van der Waals surface area contributed by atoms with Gasteiger partial charge in [-0.05, 0) is 94.3 Å². The number of carbonyl (C=O) groups is 1. The first-order chi connectivity index (χ1) is 21.1. The Hall–Kier alpha value is -4.16. The molecule has 5 rings (SSSR count). The molecule has 1 fully saturated rings. The summed E-state index contributed by atoms with van der Waals surface area (Å²) in [5.74, 6) is 0.555. The third kappa shape index (κ3) is 7.86. The molecule has 0 amide bonds. The van der Waals surface area contributed by atoms with Gasteiger partial charge < -0.3 is 19.3 Å². The number of aliphatic carboxylic acids is 1. The molecule has 230 valence electrons. The molecule has 6 heteroatoms. The van der Waals surface area contributed by atoms with Gasteiger partial charge in [0.25, 0.3) is 0 Å². The number of halogens is 1. The molecule has 1 aliphatic rings. The molecule has 0 bridgehead atoms. The molecule has 0 spiro atoms. The fraction of sp³-hybridized carbons (Fsp3) is 0.342. The zero-order valence-electron chi connectivity index (χ0n) is 25.9. The predicted molar refractivity (Wildman–Crippen MR) is 170 cm³/mol. The van der Waals surface area contributed by atoms with Crippen LogP contribution < -0.4 is 9.47 Å². The SMILES string of the molecule is COc1ccc(F)c(-c2ccc(COc3cccc([C@@H](CC(=O)O)C4CC4)c3)cc2[C@@H](OCc2ccccc2)C(C)(C)C)c1. The first-order valence-electron chi connectivity index (χ1n) is 15.2. The Morgan fingerprint density at radius 2 is 1.64 bits per heavy atom. The molecule has 0 aromatic heterocycles. The van der Waals surface area contributed by atoms with Gasteiger partial charge >= 0.3 is 5.97 Å². The lowest BCUT2D eigenvalue weighted by Crippen LogP contribution is -2.22. The van der Waals surface area contributed by atoms with Crippen molar-refractivity contribution < 1.29 is 28.5 Å². The van der Waals surface area contributed by atoms with Gasteiger partial charge in [0.15, 0.2) is 0 Å². The molecule has 0 saturated heterocycles. The fourth-order valence-corrected chi connectivity index (χ4v) is 5.81. The van der Waals surface area contributed by atoms with Crippen LogP contribution in [0.3, 0.4) is 0 Å². The largest absolute Gasteiger partial charge is 0.497 e. The summed E-state index contributed by atoms with van der Waals surface area (Å²) in [6, 6.07) is 28.5. The molecule has 4 aromatic carbocycles. The standard InChI is InChI=1S/C38H41FO5/c1-38(2,3)37(44-23-25-9-6-5-7-10-25)34-19-26(13-17-31(34)33-21-29(42-4)16-18-35(33)39)24-43-30-12-8-11-28(20-30)32(22-36(40)41)27-14-15-27/h5-13,16-21,27,32,37H,14-15,22-24H2,1-4H3,(H,40,41)/t32-,37+/m0/s1. The summed E-state index contributed by atoms with van der Waals surface area (Å²) in [6.07, 6.45) is 1.89. The highest BCUT2D eigenvalue weighted by Crippen LogP contribution is 2.45. The minimum atomic E-state index is -0.781. The van der Waals surface area contributed by atoms with Gasteiger partial charge in [-0.15, -0.1) is 0 Å². The Balaban J connectivity index is 1.47. The fourth-order valence-electron chi connectivity index (χ4n) is 5.81. The van der Waals surface area contributed by atoms with E-state index in [-0.39, 0.29) is 29.7 Å². The molecule has 1 N–H and O–H groups in total. The Bertz CT molecular complexity index is 1570. The number of benzene rings is 4. The van der Waals surface area contributed by atoms with Crippen LogP contribution in [0.2, 0.25) is 0 Å². The Morgan fingerprint density at radius 3 is 2.32 bits per heavy atom.